The fourth-order valence-electron chi connectivity index (χ4n) is 1.46. The zero-order valence-electron chi connectivity index (χ0n) is 10.7. The van der Waals surface area contributed by atoms with Crippen LogP contribution in [0.2, 0.25) is 0 Å². The minimum atomic E-state index is -3.35. The Labute approximate surface area is 108 Å². The minimum absolute atomic E-state index is 0.00495. The summed E-state index contributed by atoms with van der Waals surface area (Å²) in [5, 5.41) is 6.10. The second-order valence-corrected chi connectivity index (χ2v) is 6.11. The van der Waals surface area contributed by atoms with E-state index in [-0.39, 0.29) is 4.90 Å². The topological polar surface area (TPSA) is 58.2 Å². The molecular weight excluding hydrogens is 255 g/mol. The van der Waals surface area contributed by atoms with Gasteiger partial charge in [0.1, 0.15) is 5.82 Å². The van der Waals surface area contributed by atoms with E-state index >= 15 is 0 Å². The largest absolute Gasteiger partial charge is 0.381 e. The minimum Gasteiger partial charge on any atom is -0.381 e. The molecule has 1 aromatic rings. The van der Waals surface area contributed by atoms with Crippen LogP contribution in [-0.2, 0) is 9.84 Å². The first-order chi connectivity index (χ1) is 8.45. The van der Waals surface area contributed by atoms with Crippen molar-refractivity contribution in [2.24, 2.45) is 0 Å². The fourth-order valence-corrected chi connectivity index (χ4v) is 2.09. The molecule has 0 saturated carbocycles. The van der Waals surface area contributed by atoms with Crippen LogP contribution < -0.4 is 10.6 Å². The average molecular weight is 274 g/mol. The lowest BCUT2D eigenvalue weighted by Gasteiger charge is -2.09. The number of nitrogens with one attached hydrogen (secondary N) is 2. The first-order valence-electron chi connectivity index (χ1n) is 5.89. The van der Waals surface area contributed by atoms with E-state index in [9.17, 15) is 12.8 Å². The Hall–Kier alpha value is -1.14. The van der Waals surface area contributed by atoms with Gasteiger partial charge in [-0.1, -0.05) is 6.92 Å². The molecule has 1 aromatic carbocycles. The van der Waals surface area contributed by atoms with Crippen LogP contribution in [0.1, 0.15) is 13.3 Å². The zero-order chi connectivity index (χ0) is 13.6. The van der Waals surface area contributed by atoms with Crippen LogP contribution >= 0.6 is 0 Å². The van der Waals surface area contributed by atoms with Gasteiger partial charge in [-0.2, -0.15) is 0 Å². The van der Waals surface area contributed by atoms with Gasteiger partial charge in [-0.25, -0.2) is 12.8 Å². The molecule has 0 aliphatic rings. The Morgan fingerprint density at radius 3 is 2.50 bits per heavy atom. The number of anilines is 1. The highest BCUT2D eigenvalue weighted by molar-refractivity contribution is 7.90. The molecule has 102 valence electrons. The van der Waals surface area contributed by atoms with E-state index in [0.29, 0.717) is 12.2 Å². The van der Waals surface area contributed by atoms with E-state index in [4.69, 9.17) is 0 Å². The SMILES string of the molecule is CCCNCCNc1ccc(S(C)(=O)=O)cc1F. The monoisotopic (exact) mass is 274 g/mol. The molecule has 6 heteroatoms. The molecule has 0 saturated heterocycles. The molecule has 0 bridgehead atoms. The highest BCUT2D eigenvalue weighted by Gasteiger charge is 2.10. The quantitative estimate of drug-likeness (QED) is 0.742. The smallest absolute Gasteiger partial charge is 0.175 e. The van der Waals surface area contributed by atoms with Crippen molar-refractivity contribution in [2.45, 2.75) is 18.2 Å². The van der Waals surface area contributed by atoms with Crippen molar-refractivity contribution in [2.75, 3.05) is 31.2 Å². The normalized spacial score (nSPS) is 11.5. The molecule has 0 unspecified atom stereocenters. The molecule has 0 heterocycles. The van der Waals surface area contributed by atoms with Gasteiger partial charge in [0.15, 0.2) is 9.84 Å². The van der Waals surface area contributed by atoms with Crippen LogP contribution in [0.5, 0.6) is 0 Å². The molecule has 0 spiro atoms. The maximum atomic E-state index is 13.6. The van der Waals surface area contributed by atoms with Crippen molar-refractivity contribution >= 4 is 15.5 Å². The second-order valence-electron chi connectivity index (χ2n) is 4.09. The Morgan fingerprint density at radius 1 is 1.22 bits per heavy atom. The van der Waals surface area contributed by atoms with E-state index in [1.807, 2.05) is 0 Å². The molecule has 0 radical (unpaired) electrons. The third-order valence-corrected chi connectivity index (χ3v) is 3.52. The Bertz CT molecular complexity index is 489. The van der Waals surface area contributed by atoms with Crippen LogP contribution in [0.25, 0.3) is 0 Å². The molecule has 18 heavy (non-hydrogen) atoms. The van der Waals surface area contributed by atoms with Gasteiger partial charge < -0.3 is 10.6 Å². The van der Waals surface area contributed by atoms with Crippen LogP contribution in [-0.4, -0.2) is 34.3 Å². The van der Waals surface area contributed by atoms with Gasteiger partial charge in [0.25, 0.3) is 0 Å². The molecule has 0 aliphatic carbocycles. The second kappa shape index (κ2) is 6.70. The Balaban J connectivity index is 2.58. The predicted molar refractivity (Wildman–Crippen MR) is 71.2 cm³/mol. The van der Waals surface area contributed by atoms with E-state index in [2.05, 4.69) is 17.6 Å². The van der Waals surface area contributed by atoms with Gasteiger partial charge in [-0.3, -0.25) is 0 Å². The maximum Gasteiger partial charge on any atom is 0.175 e. The molecule has 1 rings (SSSR count). The van der Waals surface area contributed by atoms with Crippen molar-refractivity contribution in [1.82, 2.24) is 5.32 Å². The van der Waals surface area contributed by atoms with Gasteiger partial charge in [-0.05, 0) is 31.2 Å². The lowest BCUT2D eigenvalue weighted by Crippen LogP contribution is -2.23. The summed E-state index contributed by atoms with van der Waals surface area (Å²) in [5.41, 5.74) is 0.320. The summed E-state index contributed by atoms with van der Waals surface area (Å²) >= 11 is 0. The van der Waals surface area contributed by atoms with Gasteiger partial charge >= 0.3 is 0 Å². The first kappa shape index (κ1) is 14.9. The van der Waals surface area contributed by atoms with E-state index in [1.54, 1.807) is 0 Å². The molecule has 0 fully saturated rings. The number of hydrogen-bond acceptors (Lipinski definition) is 4. The van der Waals surface area contributed by atoms with Gasteiger partial charge in [0, 0.05) is 19.3 Å². The third-order valence-electron chi connectivity index (χ3n) is 2.41. The summed E-state index contributed by atoms with van der Waals surface area (Å²) in [6.07, 6.45) is 2.11. The molecular formula is C12H19FN2O2S. The van der Waals surface area contributed by atoms with Crippen molar-refractivity contribution < 1.29 is 12.8 Å². The lowest BCUT2D eigenvalue weighted by molar-refractivity contribution is 0.596. The number of halogens is 1. The van der Waals surface area contributed by atoms with Crippen LogP contribution in [0, 0.1) is 5.82 Å². The summed E-state index contributed by atoms with van der Waals surface area (Å²) in [7, 11) is -3.35. The molecule has 0 atom stereocenters. The maximum absolute atomic E-state index is 13.6. The average Bonchev–Trinajstić information content (AvgIpc) is 2.29. The molecule has 2 N–H and O–H groups in total. The molecule has 0 aromatic heterocycles. The summed E-state index contributed by atoms with van der Waals surface area (Å²) in [6, 6.07) is 3.89. The van der Waals surface area contributed by atoms with E-state index in [0.717, 1.165) is 31.8 Å². The zero-order valence-corrected chi connectivity index (χ0v) is 11.5. The molecule has 4 nitrogen and oxygen atoms in total. The summed E-state index contributed by atoms with van der Waals surface area (Å²) in [6.45, 7) is 4.33. The Kier molecular flexibility index (Phi) is 5.55. The van der Waals surface area contributed by atoms with Crippen LogP contribution in [0.15, 0.2) is 23.1 Å². The first-order valence-corrected chi connectivity index (χ1v) is 7.78. The molecule has 0 aliphatic heterocycles. The van der Waals surface area contributed by atoms with Gasteiger partial charge in [-0.15, -0.1) is 0 Å². The van der Waals surface area contributed by atoms with Crippen LogP contribution in [0.4, 0.5) is 10.1 Å². The summed E-state index contributed by atoms with van der Waals surface area (Å²) < 4.78 is 36.1. The summed E-state index contributed by atoms with van der Waals surface area (Å²) in [4.78, 5) is -0.00495. The van der Waals surface area contributed by atoms with Gasteiger partial charge in [0.2, 0.25) is 0 Å². The van der Waals surface area contributed by atoms with Crippen LogP contribution in [0.3, 0.4) is 0 Å². The van der Waals surface area contributed by atoms with Crippen molar-refractivity contribution in [3.63, 3.8) is 0 Å². The number of sulfone groups is 1. The number of hydrogen-bond donors (Lipinski definition) is 2. The standard InChI is InChI=1S/C12H19FN2O2S/c1-3-6-14-7-8-15-12-5-4-10(9-11(12)13)18(2,16)17/h4-5,9,14-15H,3,6-8H2,1-2H3. The fraction of sp³-hybridized carbons (Fsp3) is 0.500. The van der Waals surface area contributed by atoms with Crippen molar-refractivity contribution in [3.05, 3.63) is 24.0 Å². The van der Waals surface area contributed by atoms with Crippen molar-refractivity contribution in [1.29, 1.82) is 0 Å². The predicted octanol–water partition coefficient (Wildman–Crippen LogP) is 1.64. The van der Waals surface area contributed by atoms with Gasteiger partial charge in [0.05, 0.1) is 10.6 Å². The highest BCUT2D eigenvalue weighted by atomic mass is 32.2. The number of rotatable bonds is 7. The molecule has 0 amide bonds. The lowest BCUT2D eigenvalue weighted by atomic mass is 10.3. The van der Waals surface area contributed by atoms with Crippen molar-refractivity contribution in [3.8, 4) is 0 Å². The Morgan fingerprint density at radius 2 is 1.94 bits per heavy atom. The third kappa shape index (κ3) is 4.62. The summed E-state index contributed by atoms with van der Waals surface area (Å²) in [5.74, 6) is -0.548. The van der Waals surface area contributed by atoms with E-state index < -0.39 is 15.7 Å². The highest BCUT2D eigenvalue weighted by Crippen LogP contribution is 2.18. The number of benzene rings is 1. The van der Waals surface area contributed by atoms with E-state index in [1.165, 1.54) is 12.1 Å².